The molecule has 110 valence electrons. The van der Waals surface area contributed by atoms with Crippen molar-refractivity contribution in [3.63, 3.8) is 0 Å². The first-order valence-electron chi connectivity index (χ1n) is 6.78. The molecule has 21 heavy (non-hydrogen) atoms. The lowest BCUT2D eigenvalue weighted by Crippen LogP contribution is -2.34. The number of fused-ring (bicyclic) bond motifs is 1. The third kappa shape index (κ3) is 2.73. The van der Waals surface area contributed by atoms with Crippen LogP contribution >= 0.6 is 27.5 Å². The van der Waals surface area contributed by atoms with Gasteiger partial charge in [-0.25, -0.2) is 4.39 Å². The molecule has 0 fully saturated rings. The second kappa shape index (κ2) is 6.05. The van der Waals surface area contributed by atoms with Gasteiger partial charge in [0.1, 0.15) is 5.82 Å². The summed E-state index contributed by atoms with van der Waals surface area (Å²) in [6.07, 6.45) is 1.77. The molecule has 1 aliphatic rings. The smallest absolute Gasteiger partial charge is 0.147 e. The number of hydrogen-bond acceptors (Lipinski definition) is 2. The van der Waals surface area contributed by atoms with Crippen LogP contribution in [-0.2, 0) is 12.8 Å². The van der Waals surface area contributed by atoms with Crippen LogP contribution in [0.1, 0.15) is 22.7 Å². The van der Waals surface area contributed by atoms with Crippen LogP contribution < -0.4 is 11.3 Å². The largest absolute Gasteiger partial charge is 0.271 e. The van der Waals surface area contributed by atoms with E-state index in [1.54, 1.807) is 12.1 Å². The average Bonchev–Trinajstić information content (AvgIpc) is 2.91. The van der Waals surface area contributed by atoms with Gasteiger partial charge in [-0.15, -0.1) is 0 Å². The van der Waals surface area contributed by atoms with E-state index in [0.29, 0.717) is 10.0 Å². The Balaban J connectivity index is 1.93. The fourth-order valence-corrected chi connectivity index (χ4v) is 3.57. The molecule has 0 aliphatic heterocycles. The van der Waals surface area contributed by atoms with Crippen LogP contribution in [0.5, 0.6) is 0 Å². The standard InChI is InChI=1S/C16H15BrClFN2/c17-13-6-5-12(15(19)14(13)18)16(21-20)11-7-9-3-1-2-4-10(9)8-11/h1-6,11,16,21H,7-8,20H2. The van der Waals surface area contributed by atoms with E-state index in [2.05, 4.69) is 33.5 Å². The zero-order chi connectivity index (χ0) is 15.0. The van der Waals surface area contributed by atoms with Crippen molar-refractivity contribution in [2.75, 3.05) is 0 Å². The topological polar surface area (TPSA) is 38.0 Å². The van der Waals surface area contributed by atoms with Crippen LogP contribution in [0.4, 0.5) is 4.39 Å². The molecule has 0 saturated carbocycles. The highest BCUT2D eigenvalue weighted by molar-refractivity contribution is 9.10. The minimum atomic E-state index is -0.412. The molecule has 0 aromatic heterocycles. The van der Waals surface area contributed by atoms with Crippen molar-refractivity contribution in [1.29, 1.82) is 0 Å². The number of benzene rings is 2. The van der Waals surface area contributed by atoms with Crippen LogP contribution in [0, 0.1) is 11.7 Å². The van der Waals surface area contributed by atoms with E-state index in [1.807, 2.05) is 12.1 Å². The van der Waals surface area contributed by atoms with Crippen LogP contribution in [0.3, 0.4) is 0 Å². The molecule has 3 N–H and O–H groups in total. The molecule has 0 spiro atoms. The van der Waals surface area contributed by atoms with Crippen molar-refractivity contribution in [2.24, 2.45) is 11.8 Å². The van der Waals surface area contributed by atoms with Gasteiger partial charge >= 0.3 is 0 Å². The zero-order valence-corrected chi connectivity index (χ0v) is 13.6. The Kier molecular flexibility index (Phi) is 4.31. The van der Waals surface area contributed by atoms with E-state index in [9.17, 15) is 4.39 Å². The quantitative estimate of drug-likeness (QED) is 0.484. The van der Waals surface area contributed by atoms with Crippen LogP contribution in [0.15, 0.2) is 40.9 Å². The summed E-state index contributed by atoms with van der Waals surface area (Å²) in [6, 6.07) is 11.5. The fraction of sp³-hybridized carbons (Fsp3) is 0.250. The maximum atomic E-state index is 14.4. The maximum Gasteiger partial charge on any atom is 0.147 e. The molecule has 2 aromatic carbocycles. The molecule has 0 saturated heterocycles. The lowest BCUT2D eigenvalue weighted by molar-refractivity contribution is 0.368. The highest BCUT2D eigenvalue weighted by Crippen LogP contribution is 2.38. The minimum absolute atomic E-state index is 0.100. The summed E-state index contributed by atoms with van der Waals surface area (Å²) in [4.78, 5) is 0. The molecule has 1 aliphatic carbocycles. The van der Waals surface area contributed by atoms with Gasteiger partial charge in [0.05, 0.1) is 11.1 Å². The second-order valence-corrected chi connectivity index (χ2v) is 6.58. The van der Waals surface area contributed by atoms with Gasteiger partial charge in [0, 0.05) is 10.0 Å². The van der Waals surface area contributed by atoms with Crippen molar-refractivity contribution in [3.8, 4) is 0 Å². The second-order valence-electron chi connectivity index (χ2n) is 5.35. The summed E-state index contributed by atoms with van der Waals surface area (Å²) < 4.78 is 15.0. The third-order valence-corrected chi connectivity index (χ3v) is 5.39. The lowest BCUT2D eigenvalue weighted by Gasteiger charge is -2.24. The number of nitrogens with two attached hydrogens (primary N) is 1. The molecule has 1 unspecified atom stereocenters. The van der Waals surface area contributed by atoms with E-state index < -0.39 is 5.82 Å². The molecule has 0 amide bonds. The Bertz CT molecular complexity index is 652. The van der Waals surface area contributed by atoms with E-state index in [4.69, 9.17) is 17.4 Å². The van der Waals surface area contributed by atoms with Crippen molar-refractivity contribution < 1.29 is 4.39 Å². The first kappa shape index (κ1) is 15.0. The molecule has 2 nitrogen and oxygen atoms in total. The Labute approximate surface area is 136 Å². The van der Waals surface area contributed by atoms with Gasteiger partial charge in [0.2, 0.25) is 0 Å². The maximum absolute atomic E-state index is 14.4. The SMILES string of the molecule is NNC(c1ccc(Br)c(Cl)c1F)C1Cc2ccccc2C1. The summed E-state index contributed by atoms with van der Waals surface area (Å²) in [5.41, 5.74) is 5.91. The normalized spacial score (nSPS) is 16.0. The fourth-order valence-electron chi connectivity index (χ4n) is 3.09. The zero-order valence-electron chi connectivity index (χ0n) is 11.2. The van der Waals surface area contributed by atoms with E-state index in [0.717, 1.165) is 12.8 Å². The summed E-state index contributed by atoms with van der Waals surface area (Å²) in [6.45, 7) is 0. The van der Waals surface area contributed by atoms with Crippen molar-refractivity contribution >= 4 is 27.5 Å². The Morgan fingerprint density at radius 3 is 2.38 bits per heavy atom. The Morgan fingerprint density at radius 2 is 1.81 bits per heavy atom. The first-order valence-corrected chi connectivity index (χ1v) is 7.95. The molecular weight excluding hydrogens is 355 g/mol. The molecule has 2 aromatic rings. The first-order chi connectivity index (χ1) is 10.1. The van der Waals surface area contributed by atoms with Gasteiger partial charge in [0.15, 0.2) is 0 Å². The predicted octanol–water partition coefficient (Wildman–Crippen LogP) is 4.16. The van der Waals surface area contributed by atoms with Gasteiger partial charge in [-0.05, 0) is 51.9 Å². The molecule has 5 heteroatoms. The number of halogens is 3. The average molecular weight is 370 g/mol. The number of rotatable bonds is 3. The molecule has 0 radical (unpaired) electrons. The summed E-state index contributed by atoms with van der Waals surface area (Å²) in [7, 11) is 0. The van der Waals surface area contributed by atoms with Gasteiger partial charge in [0.25, 0.3) is 0 Å². The predicted molar refractivity (Wildman–Crippen MR) is 86.5 cm³/mol. The van der Waals surface area contributed by atoms with Crippen LogP contribution in [0.25, 0.3) is 0 Å². The summed E-state index contributed by atoms with van der Waals surface area (Å²) in [5, 5.41) is 0.100. The van der Waals surface area contributed by atoms with Gasteiger partial charge in [-0.3, -0.25) is 11.3 Å². The van der Waals surface area contributed by atoms with Crippen molar-refractivity contribution in [1.82, 2.24) is 5.43 Å². The van der Waals surface area contributed by atoms with E-state index in [1.165, 1.54) is 11.1 Å². The third-order valence-electron chi connectivity index (χ3n) is 4.13. The number of hydrogen-bond donors (Lipinski definition) is 2. The van der Waals surface area contributed by atoms with Gasteiger partial charge in [-0.1, -0.05) is 41.9 Å². The van der Waals surface area contributed by atoms with E-state index in [-0.39, 0.29) is 17.0 Å². The summed E-state index contributed by atoms with van der Waals surface area (Å²) >= 11 is 9.22. The monoisotopic (exact) mass is 368 g/mol. The minimum Gasteiger partial charge on any atom is -0.271 e. The van der Waals surface area contributed by atoms with Gasteiger partial charge in [-0.2, -0.15) is 0 Å². The van der Waals surface area contributed by atoms with Crippen molar-refractivity contribution in [2.45, 2.75) is 18.9 Å². The van der Waals surface area contributed by atoms with E-state index >= 15 is 0 Å². The van der Waals surface area contributed by atoms with Crippen LogP contribution in [-0.4, -0.2) is 0 Å². The Hall–Kier alpha value is -0.940. The number of hydrazine groups is 1. The highest BCUT2D eigenvalue weighted by atomic mass is 79.9. The highest BCUT2D eigenvalue weighted by Gasteiger charge is 2.31. The van der Waals surface area contributed by atoms with Gasteiger partial charge < -0.3 is 0 Å². The molecular formula is C16H15BrClFN2. The molecule has 0 heterocycles. The van der Waals surface area contributed by atoms with Crippen LogP contribution in [0.2, 0.25) is 5.02 Å². The van der Waals surface area contributed by atoms with Crippen molar-refractivity contribution in [3.05, 3.63) is 68.4 Å². The lowest BCUT2D eigenvalue weighted by atomic mass is 9.90. The summed E-state index contributed by atoms with van der Waals surface area (Å²) in [5.74, 6) is 5.51. The molecule has 1 atom stereocenters. The Morgan fingerprint density at radius 1 is 1.19 bits per heavy atom. The molecule has 3 rings (SSSR count). The molecule has 0 bridgehead atoms. The number of nitrogens with one attached hydrogen (secondary N) is 1.